The first-order chi connectivity index (χ1) is 10.2. The van der Waals surface area contributed by atoms with Crippen LogP contribution >= 0.6 is 15.9 Å². The van der Waals surface area contributed by atoms with Crippen LogP contribution in [0.15, 0.2) is 41.0 Å². The maximum atomic E-state index is 12.7. The zero-order valence-electron chi connectivity index (χ0n) is 11.3. The minimum absolute atomic E-state index is 0.0640. The number of halogens is 1. The Morgan fingerprint density at radius 2 is 2.05 bits per heavy atom. The van der Waals surface area contributed by atoms with Gasteiger partial charge < -0.3 is 14.9 Å². The number of amides is 1. The summed E-state index contributed by atoms with van der Waals surface area (Å²) in [6.07, 6.45) is 0.868. The number of nitrogens with zero attached hydrogens (tertiary/aromatic N) is 1. The van der Waals surface area contributed by atoms with Crippen LogP contribution in [0.4, 0.5) is 0 Å². The van der Waals surface area contributed by atoms with Crippen LogP contribution in [0, 0.1) is 0 Å². The number of H-pyrrole nitrogens is 2. The second-order valence-corrected chi connectivity index (χ2v) is 6.22. The molecule has 1 aromatic carbocycles. The number of carbonyl (C=O) groups is 1. The Kier molecular flexibility index (Phi) is 2.89. The molecule has 0 aliphatic carbocycles. The van der Waals surface area contributed by atoms with Gasteiger partial charge in [-0.05, 0) is 39.7 Å². The van der Waals surface area contributed by atoms with Crippen molar-refractivity contribution in [1.29, 1.82) is 0 Å². The van der Waals surface area contributed by atoms with Crippen LogP contribution in [-0.4, -0.2) is 27.3 Å². The van der Waals surface area contributed by atoms with E-state index in [0.29, 0.717) is 12.2 Å². The first-order valence-corrected chi connectivity index (χ1v) is 7.73. The maximum absolute atomic E-state index is 12.7. The van der Waals surface area contributed by atoms with Crippen molar-refractivity contribution in [2.75, 3.05) is 6.54 Å². The predicted molar refractivity (Wildman–Crippen MR) is 85.2 cm³/mol. The maximum Gasteiger partial charge on any atom is 0.270 e. The Balaban J connectivity index is 1.63. The van der Waals surface area contributed by atoms with Crippen molar-refractivity contribution in [2.45, 2.75) is 13.0 Å². The number of hydrogen-bond acceptors (Lipinski definition) is 1. The van der Waals surface area contributed by atoms with E-state index in [1.165, 1.54) is 11.3 Å². The highest BCUT2D eigenvalue weighted by Crippen LogP contribution is 2.24. The van der Waals surface area contributed by atoms with Gasteiger partial charge in [0.1, 0.15) is 5.69 Å². The summed E-state index contributed by atoms with van der Waals surface area (Å²) in [5, 5.41) is 1.07. The lowest BCUT2D eigenvalue weighted by molar-refractivity contribution is 0.0729. The molecule has 0 saturated heterocycles. The summed E-state index contributed by atoms with van der Waals surface area (Å²) in [6.45, 7) is 1.40. The Morgan fingerprint density at radius 3 is 2.90 bits per heavy atom. The molecule has 3 heterocycles. The molecule has 0 saturated carbocycles. The minimum atomic E-state index is 0.0640. The van der Waals surface area contributed by atoms with E-state index in [1.807, 2.05) is 35.2 Å². The van der Waals surface area contributed by atoms with Crippen LogP contribution in [0.1, 0.15) is 21.7 Å². The van der Waals surface area contributed by atoms with Gasteiger partial charge in [-0.25, -0.2) is 0 Å². The Morgan fingerprint density at radius 1 is 1.19 bits per heavy atom. The zero-order chi connectivity index (χ0) is 14.4. The molecule has 4 rings (SSSR count). The van der Waals surface area contributed by atoms with Crippen molar-refractivity contribution in [2.24, 2.45) is 0 Å². The van der Waals surface area contributed by atoms with E-state index in [-0.39, 0.29) is 5.91 Å². The SMILES string of the molecule is O=C(c1cc2ccccc2[nH]1)N1CCc2[nH]c(Br)cc2C1. The van der Waals surface area contributed by atoms with Crippen LogP contribution in [-0.2, 0) is 13.0 Å². The van der Waals surface area contributed by atoms with E-state index < -0.39 is 0 Å². The molecule has 106 valence electrons. The molecular formula is C16H14BrN3O. The van der Waals surface area contributed by atoms with Gasteiger partial charge in [0.25, 0.3) is 5.91 Å². The third-order valence-electron chi connectivity index (χ3n) is 4.00. The van der Waals surface area contributed by atoms with Gasteiger partial charge in [-0.15, -0.1) is 0 Å². The number of fused-ring (bicyclic) bond motifs is 2. The summed E-state index contributed by atoms with van der Waals surface area (Å²) in [7, 11) is 0. The molecular weight excluding hydrogens is 330 g/mol. The van der Waals surface area contributed by atoms with Gasteiger partial charge in [0.15, 0.2) is 0 Å². The molecule has 0 radical (unpaired) electrons. The number of aromatic amines is 2. The van der Waals surface area contributed by atoms with E-state index in [0.717, 1.165) is 28.5 Å². The number of rotatable bonds is 1. The molecule has 1 aliphatic heterocycles. The van der Waals surface area contributed by atoms with Gasteiger partial charge in [-0.2, -0.15) is 0 Å². The van der Waals surface area contributed by atoms with Crippen molar-refractivity contribution in [1.82, 2.24) is 14.9 Å². The normalized spacial score (nSPS) is 14.4. The van der Waals surface area contributed by atoms with Gasteiger partial charge in [-0.3, -0.25) is 4.79 Å². The fourth-order valence-corrected chi connectivity index (χ4v) is 3.44. The summed E-state index contributed by atoms with van der Waals surface area (Å²) in [6, 6.07) is 11.9. The van der Waals surface area contributed by atoms with Crippen molar-refractivity contribution >= 4 is 32.7 Å². The lowest BCUT2D eigenvalue weighted by atomic mass is 10.1. The number of carbonyl (C=O) groups excluding carboxylic acids is 1. The number of nitrogens with one attached hydrogen (secondary N) is 2. The zero-order valence-corrected chi connectivity index (χ0v) is 12.9. The fourth-order valence-electron chi connectivity index (χ4n) is 2.93. The average Bonchev–Trinajstić information content (AvgIpc) is 3.07. The monoisotopic (exact) mass is 343 g/mol. The van der Waals surface area contributed by atoms with E-state index in [2.05, 4.69) is 32.0 Å². The van der Waals surface area contributed by atoms with Crippen LogP contribution in [0.3, 0.4) is 0 Å². The Hall–Kier alpha value is -2.01. The molecule has 1 aliphatic rings. The Bertz CT molecular complexity index is 800. The van der Waals surface area contributed by atoms with E-state index in [9.17, 15) is 4.79 Å². The predicted octanol–water partition coefficient (Wildman–Crippen LogP) is 3.46. The van der Waals surface area contributed by atoms with Crippen LogP contribution in [0.5, 0.6) is 0 Å². The summed E-state index contributed by atoms with van der Waals surface area (Å²) in [5.41, 5.74) is 4.08. The first kappa shape index (κ1) is 12.7. The van der Waals surface area contributed by atoms with Crippen LogP contribution < -0.4 is 0 Å². The highest BCUT2D eigenvalue weighted by atomic mass is 79.9. The highest BCUT2D eigenvalue weighted by Gasteiger charge is 2.24. The van der Waals surface area contributed by atoms with E-state index in [1.54, 1.807) is 0 Å². The van der Waals surface area contributed by atoms with Gasteiger partial charge in [0, 0.05) is 36.1 Å². The molecule has 5 heteroatoms. The average molecular weight is 344 g/mol. The largest absolute Gasteiger partial charge is 0.353 e. The van der Waals surface area contributed by atoms with Crippen molar-refractivity contribution < 1.29 is 4.79 Å². The van der Waals surface area contributed by atoms with Gasteiger partial charge >= 0.3 is 0 Å². The number of aromatic nitrogens is 2. The summed E-state index contributed by atoms with van der Waals surface area (Å²) < 4.78 is 0.979. The fraction of sp³-hybridized carbons (Fsp3) is 0.188. The van der Waals surface area contributed by atoms with Gasteiger partial charge in [-0.1, -0.05) is 18.2 Å². The summed E-state index contributed by atoms with van der Waals surface area (Å²) in [5.74, 6) is 0.0640. The topological polar surface area (TPSA) is 51.9 Å². The molecule has 2 N–H and O–H groups in total. The quantitative estimate of drug-likeness (QED) is 0.698. The van der Waals surface area contributed by atoms with Crippen molar-refractivity contribution in [3.63, 3.8) is 0 Å². The second-order valence-electron chi connectivity index (χ2n) is 5.37. The van der Waals surface area contributed by atoms with Gasteiger partial charge in [0.05, 0.1) is 4.60 Å². The molecule has 4 nitrogen and oxygen atoms in total. The van der Waals surface area contributed by atoms with Crippen LogP contribution in [0.25, 0.3) is 10.9 Å². The van der Waals surface area contributed by atoms with E-state index in [4.69, 9.17) is 0 Å². The summed E-state index contributed by atoms with van der Waals surface area (Å²) >= 11 is 3.45. The lowest BCUT2D eigenvalue weighted by Crippen LogP contribution is -2.35. The third-order valence-corrected chi connectivity index (χ3v) is 4.43. The standard InChI is InChI=1S/C16H14BrN3O/c17-15-8-11-9-20(6-5-13(11)19-15)16(21)14-7-10-3-1-2-4-12(10)18-14/h1-4,7-8,18-19H,5-6,9H2. The number of para-hydroxylation sites is 1. The molecule has 1 amide bonds. The number of benzene rings is 1. The first-order valence-electron chi connectivity index (χ1n) is 6.94. The molecule has 0 spiro atoms. The van der Waals surface area contributed by atoms with Crippen LogP contribution in [0.2, 0.25) is 0 Å². The van der Waals surface area contributed by atoms with Gasteiger partial charge in [0.2, 0.25) is 0 Å². The summed E-state index contributed by atoms with van der Waals surface area (Å²) in [4.78, 5) is 21.1. The molecule has 3 aromatic rings. The minimum Gasteiger partial charge on any atom is -0.353 e. The Labute approximate surface area is 130 Å². The molecule has 0 fully saturated rings. The third kappa shape index (κ3) is 2.17. The van der Waals surface area contributed by atoms with E-state index >= 15 is 0 Å². The smallest absolute Gasteiger partial charge is 0.270 e. The lowest BCUT2D eigenvalue weighted by Gasteiger charge is -2.26. The molecule has 0 atom stereocenters. The molecule has 2 aromatic heterocycles. The molecule has 0 bridgehead atoms. The van der Waals surface area contributed by atoms with Crippen molar-refractivity contribution in [3.8, 4) is 0 Å². The number of hydrogen-bond donors (Lipinski definition) is 2. The molecule has 0 unspecified atom stereocenters. The highest BCUT2D eigenvalue weighted by molar-refractivity contribution is 9.10. The van der Waals surface area contributed by atoms with Crippen molar-refractivity contribution in [3.05, 3.63) is 58.0 Å². The molecule has 21 heavy (non-hydrogen) atoms. The second kappa shape index (κ2) is 4.77.